The van der Waals surface area contributed by atoms with Crippen LogP contribution in [0, 0.1) is 0 Å². The molecule has 1 aliphatic heterocycles. The Kier molecular flexibility index (Phi) is 11.8. The van der Waals surface area contributed by atoms with Crippen LogP contribution in [-0.4, -0.2) is 49.4 Å². The maximum atomic E-state index is 13.0. The van der Waals surface area contributed by atoms with Crippen LogP contribution in [0.3, 0.4) is 0 Å². The maximum Gasteiger partial charge on any atom is 0.417 e. The van der Waals surface area contributed by atoms with Gasteiger partial charge in [0.25, 0.3) is 0 Å². The highest BCUT2D eigenvalue weighted by molar-refractivity contribution is 8.11. The summed E-state index contributed by atoms with van der Waals surface area (Å²) in [4.78, 5) is 12.3. The number of azo groups is 1. The number of amides is 2. The lowest BCUT2D eigenvalue weighted by atomic mass is 10.0. The summed E-state index contributed by atoms with van der Waals surface area (Å²) in [5.41, 5.74) is 1.21. The highest BCUT2D eigenvalue weighted by Gasteiger charge is 2.33. The second-order valence-corrected chi connectivity index (χ2v) is 9.93. The highest BCUT2D eigenvalue weighted by atomic mass is 35.5. The van der Waals surface area contributed by atoms with Crippen molar-refractivity contribution in [3.05, 3.63) is 70.4 Å². The van der Waals surface area contributed by atoms with Gasteiger partial charge in [0.1, 0.15) is 22.7 Å². The molecule has 12 nitrogen and oxygen atoms in total. The zero-order chi connectivity index (χ0) is 26.0. The van der Waals surface area contributed by atoms with E-state index < -0.39 is 39.8 Å². The summed E-state index contributed by atoms with van der Waals surface area (Å²) < 4.78 is 52.6. The summed E-state index contributed by atoms with van der Waals surface area (Å²) in [6.07, 6.45) is 0.174. The Morgan fingerprint density at radius 2 is 1.69 bits per heavy atom. The number of benzene rings is 2. The fourth-order valence-electron chi connectivity index (χ4n) is 3.41. The van der Waals surface area contributed by atoms with Crippen molar-refractivity contribution in [3.8, 4) is 0 Å². The number of aromatic nitrogens is 2. The first-order valence-electron chi connectivity index (χ1n) is 10.1. The zero-order valence-electron chi connectivity index (χ0n) is 20.1. The number of halogens is 4. The molecule has 3 aromatic rings. The summed E-state index contributed by atoms with van der Waals surface area (Å²) in [7, 11) is -1.35. The molecule has 0 aliphatic carbocycles. The highest BCUT2D eigenvalue weighted by Crippen LogP contribution is 2.45. The van der Waals surface area contributed by atoms with Gasteiger partial charge in [-0.3, -0.25) is 0 Å². The van der Waals surface area contributed by atoms with Gasteiger partial charge in [-0.1, -0.05) is 23.7 Å². The van der Waals surface area contributed by atoms with Gasteiger partial charge >= 0.3 is 12.2 Å². The first kappa shape index (κ1) is 33.7. The van der Waals surface area contributed by atoms with E-state index in [4.69, 9.17) is 11.6 Å². The minimum absolute atomic E-state index is 0. The van der Waals surface area contributed by atoms with E-state index in [1.165, 1.54) is 28.0 Å². The van der Waals surface area contributed by atoms with Crippen LogP contribution in [0.5, 0.6) is 0 Å². The Bertz CT molecular complexity index is 1370. The predicted octanol–water partition coefficient (Wildman–Crippen LogP) is 3.88. The Morgan fingerprint density at radius 3 is 2.28 bits per heavy atom. The summed E-state index contributed by atoms with van der Waals surface area (Å²) in [6.45, 7) is 0. The van der Waals surface area contributed by atoms with Gasteiger partial charge in [0.2, 0.25) is 5.82 Å². The van der Waals surface area contributed by atoms with Crippen LogP contribution < -0.4 is 14.3 Å². The SMILES string of the molecule is CSN(c1nncc2c1N=NC2c1ccc(NC(=O)Nc2ccc(Cl)c(C(F)(F)F)c2)cc1)S(C)=O.O.O.O. The minimum Gasteiger partial charge on any atom is -0.412 e. The summed E-state index contributed by atoms with van der Waals surface area (Å²) >= 11 is 6.83. The van der Waals surface area contributed by atoms with E-state index in [9.17, 15) is 22.2 Å². The molecular formula is C21H23ClF3N7O5S2. The number of nitrogens with one attached hydrogen (secondary N) is 2. The summed E-state index contributed by atoms with van der Waals surface area (Å²) in [5.74, 6) is 0.345. The molecule has 212 valence electrons. The van der Waals surface area contributed by atoms with E-state index in [1.807, 2.05) is 0 Å². The van der Waals surface area contributed by atoms with E-state index in [0.29, 0.717) is 22.8 Å². The molecule has 2 aromatic carbocycles. The Hall–Kier alpha value is -3.35. The van der Waals surface area contributed by atoms with Gasteiger partial charge < -0.3 is 27.1 Å². The van der Waals surface area contributed by atoms with Crippen molar-refractivity contribution >= 4 is 63.4 Å². The minimum atomic E-state index is -4.65. The lowest BCUT2D eigenvalue weighted by molar-refractivity contribution is -0.137. The molecule has 2 amide bonds. The van der Waals surface area contributed by atoms with Crippen molar-refractivity contribution in [3.63, 3.8) is 0 Å². The lowest BCUT2D eigenvalue weighted by Gasteiger charge is -2.17. The van der Waals surface area contributed by atoms with Crippen LogP contribution in [0.4, 0.5) is 40.8 Å². The molecular weight excluding hydrogens is 587 g/mol. The topological polar surface area (TPSA) is 206 Å². The number of hydrogen-bond acceptors (Lipinski definition) is 7. The smallest absolute Gasteiger partial charge is 0.412 e. The number of anilines is 3. The number of alkyl halides is 3. The van der Waals surface area contributed by atoms with Gasteiger partial charge in [-0.05, 0) is 47.8 Å². The Morgan fingerprint density at radius 1 is 1.08 bits per heavy atom. The van der Waals surface area contributed by atoms with Crippen molar-refractivity contribution in [1.82, 2.24) is 10.2 Å². The molecule has 2 unspecified atom stereocenters. The standard InChI is InChI=1S/C21H17ClF3N7O2S2.3H2O/c1-35-32(36(2)34)19-18-14(10-26-31-19)17(29-30-18)11-3-5-12(6-4-11)27-20(33)28-13-7-8-16(22)15(9-13)21(23,24)25;;;/h3-10,17H,1-2H3,(H2,27,28,33);3*1H2. The molecule has 2 atom stereocenters. The normalized spacial score (nSPS) is 14.2. The third-order valence-electron chi connectivity index (χ3n) is 4.99. The fourth-order valence-corrected chi connectivity index (χ4v) is 5.14. The van der Waals surface area contributed by atoms with Crippen molar-refractivity contribution in [2.24, 2.45) is 10.2 Å². The van der Waals surface area contributed by atoms with Gasteiger partial charge in [-0.25, -0.2) is 12.7 Å². The first-order chi connectivity index (χ1) is 17.1. The van der Waals surface area contributed by atoms with Gasteiger partial charge in [-0.15, -0.1) is 5.10 Å². The third-order valence-corrected chi connectivity index (χ3v) is 7.54. The number of carbonyl (C=O) groups excluding carboxylic acids is 1. The average molecular weight is 610 g/mol. The van der Waals surface area contributed by atoms with E-state index in [0.717, 1.165) is 17.7 Å². The molecule has 18 heteroatoms. The average Bonchev–Trinajstić information content (AvgIpc) is 3.25. The lowest BCUT2D eigenvalue weighted by Crippen LogP contribution is -2.20. The molecule has 0 saturated heterocycles. The van der Waals surface area contributed by atoms with Crippen LogP contribution in [0.15, 0.2) is 58.9 Å². The molecule has 0 fully saturated rings. The molecule has 0 spiro atoms. The van der Waals surface area contributed by atoms with Crippen molar-refractivity contribution in [2.45, 2.75) is 12.2 Å². The fraction of sp³-hybridized carbons (Fsp3) is 0.190. The van der Waals surface area contributed by atoms with Crippen molar-refractivity contribution in [2.75, 3.05) is 26.9 Å². The number of nitrogens with zero attached hydrogens (tertiary/aromatic N) is 5. The first-order valence-corrected chi connectivity index (χ1v) is 13.1. The third kappa shape index (κ3) is 7.40. The Labute approximate surface area is 231 Å². The van der Waals surface area contributed by atoms with E-state index in [-0.39, 0.29) is 22.1 Å². The summed E-state index contributed by atoms with van der Waals surface area (Å²) in [6, 6.07) is 8.59. The number of carbonyl (C=O) groups is 1. The van der Waals surface area contributed by atoms with E-state index in [2.05, 4.69) is 31.1 Å². The monoisotopic (exact) mass is 609 g/mol. The Balaban J connectivity index is 0.00000253. The van der Waals surface area contributed by atoms with E-state index >= 15 is 0 Å². The molecule has 4 rings (SSSR count). The number of hydrogen-bond donors (Lipinski definition) is 2. The number of fused-ring (bicyclic) bond motifs is 1. The maximum absolute atomic E-state index is 13.0. The van der Waals surface area contributed by atoms with Crippen LogP contribution in [0.2, 0.25) is 5.02 Å². The molecule has 0 radical (unpaired) electrons. The quantitative estimate of drug-likeness (QED) is 0.398. The molecule has 39 heavy (non-hydrogen) atoms. The molecule has 8 N–H and O–H groups in total. The molecule has 1 aromatic heterocycles. The van der Waals surface area contributed by atoms with Crippen molar-refractivity contribution in [1.29, 1.82) is 0 Å². The van der Waals surface area contributed by atoms with Crippen LogP contribution in [0.25, 0.3) is 0 Å². The van der Waals surface area contributed by atoms with Gasteiger partial charge in [-0.2, -0.15) is 28.5 Å². The van der Waals surface area contributed by atoms with E-state index in [1.54, 1.807) is 36.7 Å². The largest absolute Gasteiger partial charge is 0.417 e. The molecule has 0 saturated carbocycles. The van der Waals surface area contributed by atoms with Crippen LogP contribution >= 0.6 is 23.5 Å². The predicted molar refractivity (Wildman–Crippen MR) is 145 cm³/mol. The zero-order valence-corrected chi connectivity index (χ0v) is 22.5. The number of urea groups is 1. The second-order valence-electron chi connectivity index (χ2n) is 7.35. The van der Waals surface area contributed by atoms with Crippen LogP contribution in [0.1, 0.15) is 22.7 Å². The molecule has 1 aliphatic rings. The van der Waals surface area contributed by atoms with Crippen molar-refractivity contribution < 1.29 is 38.6 Å². The molecule has 0 bridgehead atoms. The molecule has 2 heterocycles. The van der Waals surface area contributed by atoms with Gasteiger partial charge in [0, 0.05) is 29.4 Å². The second kappa shape index (κ2) is 13.6. The number of rotatable bonds is 6. The van der Waals surface area contributed by atoms with Crippen LogP contribution in [-0.2, 0) is 17.2 Å². The van der Waals surface area contributed by atoms with Gasteiger partial charge in [0.15, 0.2) is 0 Å². The summed E-state index contributed by atoms with van der Waals surface area (Å²) in [5, 5.41) is 21.0. The van der Waals surface area contributed by atoms with Gasteiger partial charge in [0.05, 0.1) is 16.8 Å².